The first-order valence-electron chi connectivity index (χ1n) is 5.01. The number of aromatic nitrogens is 3. The van der Waals surface area contributed by atoms with E-state index in [4.69, 9.17) is 5.73 Å². The lowest BCUT2D eigenvalue weighted by Crippen LogP contribution is -1.77. The maximum atomic E-state index is 5.79. The highest BCUT2D eigenvalue weighted by Gasteiger charge is 2.11. The Kier molecular flexibility index (Phi) is 2.41. The zero-order valence-electron chi connectivity index (χ0n) is 8.99. The Morgan fingerprint density at radius 2 is 2.24 bits per heavy atom. The Bertz CT molecular complexity index is 701. The number of rotatable bonds is 1. The number of anilines is 1. The van der Waals surface area contributed by atoms with Gasteiger partial charge in [-0.25, -0.2) is 9.97 Å². The summed E-state index contributed by atoms with van der Waals surface area (Å²) in [5, 5.41) is 0.798. The molecular formula is C11H9BrN4S. The van der Waals surface area contributed by atoms with Crippen LogP contribution in [0.15, 0.2) is 22.8 Å². The van der Waals surface area contributed by atoms with Gasteiger partial charge in [-0.05, 0) is 40.5 Å². The summed E-state index contributed by atoms with van der Waals surface area (Å²) in [5.74, 6) is 0.824. The fraction of sp³-hybridized carbons (Fsp3) is 0.0909. The van der Waals surface area contributed by atoms with Crippen LogP contribution in [0.1, 0.15) is 5.56 Å². The number of nitrogen functional groups attached to an aromatic ring is 1. The van der Waals surface area contributed by atoms with Crippen molar-refractivity contribution in [1.82, 2.24) is 15.0 Å². The first-order valence-corrected chi connectivity index (χ1v) is 6.62. The lowest BCUT2D eigenvalue weighted by atomic mass is 10.3. The fourth-order valence-corrected chi connectivity index (χ4v) is 2.94. The Morgan fingerprint density at radius 1 is 1.41 bits per heavy atom. The van der Waals surface area contributed by atoms with Crippen LogP contribution in [0.5, 0.6) is 0 Å². The molecule has 3 heterocycles. The van der Waals surface area contributed by atoms with Gasteiger partial charge >= 0.3 is 0 Å². The van der Waals surface area contributed by atoms with Crippen LogP contribution in [0.4, 0.5) is 5.00 Å². The van der Waals surface area contributed by atoms with Crippen molar-refractivity contribution < 1.29 is 0 Å². The smallest absolute Gasteiger partial charge is 0.178 e. The molecule has 0 saturated heterocycles. The van der Waals surface area contributed by atoms with E-state index < -0.39 is 0 Å². The van der Waals surface area contributed by atoms with Crippen molar-refractivity contribution in [2.24, 2.45) is 0 Å². The highest BCUT2D eigenvalue weighted by Crippen LogP contribution is 2.33. The third-order valence-corrected chi connectivity index (χ3v) is 3.96. The van der Waals surface area contributed by atoms with E-state index in [0.717, 1.165) is 36.9 Å². The van der Waals surface area contributed by atoms with Crippen LogP contribution in [-0.2, 0) is 0 Å². The molecule has 4 nitrogen and oxygen atoms in total. The third kappa shape index (κ3) is 1.83. The van der Waals surface area contributed by atoms with Crippen molar-refractivity contribution in [2.45, 2.75) is 6.92 Å². The molecule has 0 spiro atoms. The van der Waals surface area contributed by atoms with E-state index in [0.29, 0.717) is 0 Å². The van der Waals surface area contributed by atoms with Crippen LogP contribution in [-0.4, -0.2) is 15.0 Å². The molecule has 0 saturated carbocycles. The zero-order chi connectivity index (χ0) is 12.0. The van der Waals surface area contributed by atoms with Gasteiger partial charge in [-0.1, -0.05) is 0 Å². The predicted octanol–water partition coefficient (Wildman–Crippen LogP) is 3.34. The van der Waals surface area contributed by atoms with Gasteiger partial charge in [-0.2, -0.15) is 0 Å². The monoisotopic (exact) mass is 308 g/mol. The number of nitrogens with two attached hydrogens (primary N) is 1. The molecule has 3 rings (SSSR count). The summed E-state index contributed by atoms with van der Waals surface area (Å²) in [4.78, 5) is 13.0. The molecule has 3 aromatic rings. The molecule has 0 aliphatic heterocycles. The molecule has 0 atom stereocenters. The minimum atomic E-state index is 0.717. The first kappa shape index (κ1) is 10.7. The second-order valence-electron chi connectivity index (χ2n) is 3.77. The van der Waals surface area contributed by atoms with Crippen LogP contribution in [0.2, 0.25) is 0 Å². The van der Waals surface area contributed by atoms with Crippen LogP contribution < -0.4 is 5.73 Å². The van der Waals surface area contributed by atoms with E-state index in [1.165, 1.54) is 11.3 Å². The zero-order valence-corrected chi connectivity index (χ0v) is 11.4. The highest BCUT2D eigenvalue weighted by molar-refractivity contribution is 9.10. The Labute approximate surface area is 110 Å². The van der Waals surface area contributed by atoms with Crippen molar-refractivity contribution in [2.75, 3.05) is 5.73 Å². The first-order chi connectivity index (χ1) is 8.13. The molecule has 6 heteroatoms. The molecule has 0 unspecified atom stereocenters. The number of imidazole rings is 1. The topological polar surface area (TPSA) is 67.6 Å². The van der Waals surface area contributed by atoms with Gasteiger partial charge in [0.05, 0.1) is 15.4 Å². The van der Waals surface area contributed by atoms with Gasteiger partial charge in [-0.3, -0.25) is 0 Å². The van der Waals surface area contributed by atoms with Crippen molar-refractivity contribution in [3.05, 3.63) is 28.4 Å². The Morgan fingerprint density at radius 3 is 2.94 bits per heavy atom. The number of H-pyrrole nitrogens is 1. The van der Waals surface area contributed by atoms with E-state index in [-0.39, 0.29) is 0 Å². The number of halogens is 1. The van der Waals surface area contributed by atoms with E-state index in [9.17, 15) is 0 Å². The van der Waals surface area contributed by atoms with Crippen LogP contribution in [0.3, 0.4) is 0 Å². The molecule has 3 N–H and O–H groups in total. The van der Waals surface area contributed by atoms with E-state index in [2.05, 4.69) is 30.9 Å². The maximum absolute atomic E-state index is 5.79. The van der Waals surface area contributed by atoms with Gasteiger partial charge in [0.1, 0.15) is 0 Å². The Hall–Kier alpha value is -1.40. The molecule has 86 valence electrons. The number of pyridine rings is 1. The molecule has 17 heavy (non-hydrogen) atoms. The average Bonchev–Trinajstić information content (AvgIpc) is 2.80. The second-order valence-corrected chi connectivity index (χ2v) is 5.77. The normalized spacial score (nSPS) is 11.2. The average molecular weight is 309 g/mol. The largest absolute Gasteiger partial charge is 0.391 e. The second kappa shape index (κ2) is 3.82. The summed E-state index contributed by atoms with van der Waals surface area (Å²) in [5.41, 5.74) is 8.55. The number of aryl methyl sites for hydroxylation is 1. The van der Waals surface area contributed by atoms with Gasteiger partial charge in [0, 0.05) is 10.7 Å². The minimum Gasteiger partial charge on any atom is -0.391 e. The van der Waals surface area contributed by atoms with Gasteiger partial charge in [-0.15, -0.1) is 11.3 Å². The van der Waals surface area contributed by atoms with Gasteiger partial charge in [0.25, 0.3) is 0 Å². The summed E-state index contributed by atoms with van der Waals surface area (Å²) in [7, 11) is 0. The number of nitrogens with zero attached hydrogens (tertiary/aromatic N) is 2. The van der Waals surface area contributed by atoms with Crippen molar-refractivity contribution >= 4 is 43.4 Å². The highest BCUT2D eigenvalue weighted by atomic mass is 79.9. The molecular weight excluding hydrogens is 300 g/mol. The molecule has 0 aromatic carbocycles. The van der Waals surface area contributed by atoms with Crippen LogP contribution >= 0.6 is 27.3 Å². The molecule has 3 aromatic heterocycles. The number of hydrogen-bond donors (Lipinski definition) is 2. The predicted molar refractivity (Wildman–Crippen MR) is 74.1 cm³/mol. The van der Waals surface area contributed by atoms with Gasteiger partial charge in [0.15, 0.2) is 11.5 Å². The summed E-state index contributed by atoms with van der Waals surface area (Å²) in [6.07, 6.45) is 1.74. The quantitative estimate of drug-likeness (QED) is 0.724. The third-order valence-electron chi connectivity index (χ3n) is 2.46. The van der Waals surface area contributed by atoms with Crippen molar-refractivity contribution in [3.63, 3.8) is 0 Å². The molecule has 0 aliphatic carbocycles. The Balaban J connectivity index is 2.21. The summed E-state index contributed by atoms with van der Waals surface area (Å²) in [6.45, 7) is 2.03. The van der Waals surface area contributed by atoms with Gasteiger partial charge in [0.2, 0.25) is 0 Å². The lowest BCUT2D eigenvalue weighted by Gasteiger charge is -1.91. The number of aromatic amines is 1. The summed E-state index contributed by atoms with van der Waals surface area (Å²) < 4.78 is 0.933. The fourth-order valence-electron chi connectivity index (χ4n) is 1.72. The van der Waals surface area contributed by atoms with E-state index in [1.807, 2.05) is 19.1 Å². The lowest BCUT2D eigenvalue weighted by molar-refractivity contribution is 1.30. The summed E-state index contributed by atoms with van der Waals surface area (Å²) >= 11 is 4.92. The molecule has 0 aliphatic rings. The molecule has 0 radical (unpaired) electrons. The number of nitrogens with one attached hydrogen (secondary N) is 1. The van der Waals surface area contributed by atoms with Crippen molar-refractivity contribution in [1.29, 1.82) is 0 Å². The minimum absolute atomic E-state index is 0.717. The van der Waals surface area contributed by atoms with E-state index >= 15 is 0 Å². The van der Waals surface area contributed by atoms with Crippen LogP contribution in [0.25, 0.3) is 21.9 Å². The number of hydrogen-bond acceptors (Lipinski definition) is 4. The van der Waals surface area contributed by atoms with E-state index in [1.54, 1.807) is 6.20 Å². The number of thiophene rings is 1. The molecule has 0 bridgehead atoms. The summed E-state index contributed by atoms with van der Waals surface area (Å²) in [6, 6.07) is 3.92. The van der Waals surface area contributed by atoms with Gasteiger partial charge < -0.3 is 10.7 Å². The SMILES string of the molecule is Cc1cc(N)sc1-c1nc2ncc(Br)cc2[nH]1. The number of fused-ring (bicyclic) bond motifs is 1. The van der Waals surface area contributed by atoms with Crippen molar-refractivity contribution in [3.8, 4) is 10.7 Å². The molecule has 0 fully saturated rings. The molecule has 0 amide bonds. The van der Waals surface area contributed by atoms with Crippen LogP contribution in [0, 0.1) is 6.92 Å². The maximum Gasteiger partial charge on any atom is 0.178 e. The standard InChI is InChI=1S/C11H9BrN4S/c1-5-2-8(13)17-9(5)11-15-7-3-6(12)4-14-10(7)16-11/h2-4H,13H2,1H3,(H,14,15,16).